The molecule has 0 heterocycles. The van der Waals surface area contributed by atoms with Gasteiger partial charge in [-0.2, -0.15) is 0 Å². The van der Waals surface area contributed by atoms with Crippen LogP contribution in [0.4, 0.5) is 0 Å². The molecule has 0 fully saturated rings. The lowest BCUT2D eigenvalue weighted by Crippen LogP contribution is -2.19. The van der Waals surface area contributed by atoms with E-state index < -0.39 is 0 Å². The molecule has 1 heteroatoms. The molecule has 0 aromatic carbocycles. The maximum absolute atomic E-state index is 3.26. The second-order valence-electron chi connectivity index (χ2n) is 6.95. The molecule has 0 aliphatic heterocycles. The highest BCUT2D eigenvalue weighted by Crippen LogP contribution is 2.27. The van der Waals surface area contributed by atoms with Crippen molar-refractivity contribution in [2.75, 3.05) is 13.6 Å². The fourth-order valence-electron chi connectivity index (χ4n) is 2.68. The van der Waals surface area contributed by atoms with Gasteiger partial charge in [0.1, 0.15) is 0 Å². The zero-order valence-corrected chi connectivity index (χ0v) is 14.2. The van der Waals surface area contributed by atoms with E-state index in [0.29, 0.717) is 5.41 Å². The van der Waals surface area contributed by atoms with E-state index in [2.05, 4.69) is 33.1 Å². The number of hydrogen-bond donors (Lipinski definition) is 1. The third-order valence-corrected chi connectivity index (χ3v) is 4.26. The molecule has 0 aliphatic carbocycles. The molecule has 0 aromatic rings. The van der Waals surface area contributed by atoms with E-state index in [1.165, 1.54) is 77.0 Å². The Morgan fingerprint density at radius 2 is 1.16 bits per heavy atom. The molecule has 19 heavy (non-hydrogen) atoms. The summed E-state index contributed by atoms with van der Waals surface area (Å²) in [5.74, 6) is 0. The standard InChI is InChI=1S/C18H39N/c1-5-6-7-8-9-10-11-12-13-14-15-18(2,3)16-17-19-4/h19H,5-17H2,1-4H3. The molecule has 0 atom stereocenters. The second kappa shape index (κ2) is 13.0. The van der Waals surface area contributed by atoms with Crippen LogP contribution in [0.15, 0.2) is 0 Å². The third kappa shape index (κ3) is 14.2. The summed E-state index contributed by atoms with van der Waals surface area (Å²) in [6.45, 7) is 8.28. The zero-order valence-electron chi connectivity index (χ0n) is 14.2. The molecule has 1 nitrogen and oxygen atoms in total. The van der Waals surface area contributed by atoms with E-state index in [0.717, 1.165) is 6.54 Å². The van der Waals surface area contributed by atoms with Crippen LogP contribution in [0.1, 0.15) is 97.8 Å². The van der Waals surface area contributed by atoms with Gasteiger partial charge >= 0.3 is 0 Å². The molecular weight excluding hydrogens is 230 g/mol. The molecule has 0 unspecified atom stereocenters. The predicted molar refractivity (Wildman–Crippen MR) is 88.8 cm³/mol. The summed E-state index contributed by atoms with van der Waals surface area (Å²) >= 11 is 0. The van der Waals surface area contributed by atoms with Crippen molar-refractivity contribution in [3.8, 4) is 0 Å². The van der Waals surface area contributed by atoms with Crippen LogP contribution < -0.4 is 5.32 Å². The summed E-state index contributed by atoms with van der Waals surface area (Å²) in [6.07, 6.45) is 17.1. The summed E-state index contributed by atoms with van der Waals surface area (Å²) in [7, 11) is 2.05. The molecule has 1 N–H and O–H groups in total. The Kier molecular flexibility index (Phi) is 12.9. The number of rotatable bonds is 14. The van der Waals surface area contributed by atoms with Gasteiger partial charge in [-0.15, -0.1) is 0 Å². The van der Waals surface area contributed by atoms with Crippen molar-refractivity contribution in [1.82, 2.24) is 5.32 Å². The van der Waals surface area contributed by atoms with Gasteiger partial charge in [0.15, 0.2) is 0 Å². The molecular formula is C18H39N. The molecule has 0 saturated carbocycles. The first kappa shape index (κ1) is 19.0. The Morgan fingerprint density at radius 3 is 1.63 bits per heavy atom. The van der Waals surface area contributed by atoms with Crippen molar-refractivity contribution in [3.63, 3.8) is 0 Å². The van der Waals surface area contributed by atoms with Crippen LogP contribution in [-0.4, -0.2) is 13.6 Å². The quantitative estimate of drug-likeness (QED) is 0.385. The molecule has 0 radical (unpaired) electrons. The highest BCUT2D eigenvalue weighted by Gasteiger charge is 2.15. The van der Waals surface area contributed by atoms with E-state index in [1.807, 2.05) is 0 Å². The third-order valence-electron chi connectivity index (χ3n) is 4.26. The van der Waals surface area contributed by atoms with Crippen molar-refractivity contribution in [3.05, 3.63) is 0 Å². The monoisotopic (exact) mass is 269 g/mol. The van der Waals surface area contributed by atoms with Gasteiger partial charge in [-0.25, -0.2) is 0 Å². The molecule has 0 bridgehead atoms. The molecule has 0 saturated heterocycles. The first-order valence-corrected chi connectivity index (χ1v) is 8.77. The highest BCUT2D eigenvalue weighted by molar-refractivity contribution is 4.69. The van der Waals surface area contributed by atoms with E-state index >= 15 is 0 Å². The van der Waals surface area contributed by atoms with Gasteiger partial charge in [0, 0.05) is 0 Å². The van der Waals surface area contributed by atoms with Crippen LogP contribution >= 0.6 is 0 Å². The molecule has 0 spiro atoms. The molecule has 0 amide bonds. The van der Waals surface area contributed by atoms with Crippen molar-refractivity contribution in [2.24, 2.45) is 5.41 Å². The topological polar surface area (TPSA) is 12.0 Å². The lowest BCUT2D eigenvalue weighted by Gasteiger charge is -2.24. The van der Waals surface area contributed by atoms with E-state index in [1.54, 1.807) is 0 Å². The van der Waals surface area contributed by atoms with E-state index in [4.69, 9.17) is 0 Å². The summed E-state index contributed by atoms with van der Waals surface area (Å²) in [5, 5.41) is 3.26. The van der Waals surface area contributed by atoms with Crippen LogP contribution in [0.3, 0.4) is 0 Å². The highest BCUT2D eigenvalue weighted by atomic mass is 14.8. The van der Waals surface area contributed by atoms with Gasteiger partial charge < -0.3 is 5.32 Å². The van der Waals surface area contributed by atoms with Gasteiger partial charge in [0.25, 0.3) is 0 Å². The first-order chi connectivity index (χ1) is 9.12. The Labute approximate surface area is 122 Å². The minimum atomic E-state index is 0.531. The Hall–Kier alpha value is -0.0400. The molecule has 0 rings (SSSR count). The van der Waals surface area contributed by atoms with Crippen LogP contribution in [0.2, 0.25) is 0 Å². The smallest absolute Gasteiger partial charge is 0.00468 e. The maximum Gasteiger partial charge on any atom is -0.00468 e. The minimum absolute atomic E-state index is 0.531. The van der Waals surface area contributed by atoms with Crippen LogP contribution in [-0.2, 0) is 0 Å². The van der Waals surface area contributed by atoms with Gasteiger partial charge in [0.2, 0.25) is 0 Å². The van der Waals surface area contributed by atoms with Crippen LogP contribution in [0.5, 0.6) is 0 Å². The second-order valence-corrected chi connectivity index (χ2v) is 6.95. The number of unbranched alkanes of at least 4 members (excludes halogenated alkanes) is 9. The summed E-state index contributed by atoms with van der Waals surface area (Å²) < 4.78 is 0. The molecule has 0 aromatic heterocycles. The Morgan fingerprint density at radius 1 is 0.684 bits per heavy atom. The average Bonchev–Trinajstić information content (AvgIpc) is 2.38. The van der Waals surface area contributed by atoms with Crippen molar-refractivity contribution >= 4 is 0 Å². The lowest BCUT2D eigenvalue weighted by molar-refractivity contribution is 0.292. The molecule has 116 valence electrons. The largest absolute Gasteiger partial charge is 0.320 e. The van der Waals surface area contributed by atoms with E-state index in [9.17, 15) is 0 Å². The Bertz CT molecular complexity index is 175. The van der Waals surface area contributed by atoms with Gasteiger partial charge in [-0.05, 0) is 31.8 Å². The summed E-state index contributed by atoms with van der Waals surface area (Å²) in [6, 6.07) is 0. The minimum Gasteiger partial charge on any atom is -0.320 e. The number of hydrogen-bond acceptors (Lipinski definition) is 1. The molecule has 0 aliphatic rings. The van der Waals surface area contributed by atoms with Gasteiger partial charge in [-0.1, -0.05) is 85.0 Å². The normalized spacial score (nSPS) is 12.0. The lowest BCUT2D eigenvalue weighted by atomic mass is 9.83. The van der Waals surface area contributed by atoms with Gasteiger partial charge in [-0.3, -0.25) is 0 Å². The van der Waals surface area contributed by atoms with Crippen LogP contribution in [0.25, 0.3) is 0 Å². The SMILES string of the molecule is CCCCCCCCCCCCC(C)(C)CCNC. The number of nitrogens with one attached hydrogen (secondary N) is 1. The first-order valence-electron chi connectivity index (χ1n) is 8.77. The summed E-state index contributed by atoms with van der Waals surface area (Å²) in [4.78, 5) is 0. The van der Waals surface area contributed by atoms with Gasteiger partial charge in [0.05, 0.1) is 0 Å². The van der Waals surface area contributed by atoms with Crippen molar-refractivity contribution in [2.45, 2.75) is 97.8 Å². The van der Waals surface area contributed by atoms with Crippen molar-refractivity contribution in [1.29, 1.82) is 0 Å². The fraction of sp³-hybridized carbons (Fsp3) is 1.00. The maximum atomic E-state index is 3.26. The predicted octanol–water partition coefficient (Wildman–Crippen LogP) is 5.93. The fourth-order valence-corrected chi connectivity index (χ4v) is 2.68. The zero-order chi connectivity index (χ0) is 14.4. The average molecular weight is 270 g/mol. The Balaban J connectivity index is 3.21. The van der Waals surface area contributed by atoms with Crippen molar-refractivity contribution < 1.29 is 0 Å². The summed E-state index contributed by atoms with van der Waals surface area (Å²) in [5.41, 5.74) is 0.531. The van der Waals surface area contributed by atoms with Crippen LogP contribution in [0, 0.1) is 5.41 Å². The van der Waals surface area contributed by atoms with E-state index in [-0.39, 0.29) is 0 Å².